The van der Waals surface area contributed by atoms with Crippen LogP contribution in [-0.2, 0) is 14.3 Å². The maximum Gasteiger partial charge on any atom is 0.336 e. The summed E-state index contributed by atoms with van der Waals surface area (Å²) < 4.78 is 25.4. The molecule has 5 nitrogen and oxygen atoms in total. The Balaban J connectivity index is 1.81. The number of ketones is 1. The summed E-state index contributed by atoms with van der Waals surface area (Å²) in [5.74, 6) is -1.82. The molecule has 3 atom stereocenters. The predicted octanol–water partition coefficient (Wildman–Crippen LogP) is 4.61. The van der Waals surface area contributed by atoms with Crippen molar-refractivity contribution in [3.05, 3.63) is 88.5 Å². The number of carbonyl (C=O) groups excluding carboxylic acids is 2. The highest BCUT2D eigenvalue weighted by Gasteiger charge is 2.45. The fraction of sp³-hybridized carbons (Fsp3) is 0.308. The molecule has 1 aliphatic carbocycles. The summed E-state index contributed by atoms with van der Waals surface area (Å²) in [5.41, 5.74) is 2.88. The lowest BCUT2D eigenvalue weighted by Crippen LogP contribution is -2.42. The van der Waals surface area contributed by atoms with Crippen molar-refractivity contribution >= 4 is 11.8 Å². The van der Waals surface area contributed by atoms with Crippen molar-refractivity contribution in [1.29, 1.82) is 0 Å². The molecule has 1 N–H and O–H groups in total. The summed E-state index contributed by atoms with van der Waals surface area (Å²) in [7, 11) is 1.61. The zero-order valence-corrected chi connectivity index (χ0v) is 18.4. The molecule has 2 aromatic carbocycles. The maximum atomic E-state index is 14.9. The number of Topliss-reactive ketones (excluding diaryl/α,β-unsaturated/α-hetero) is 1. The summed E-state index contributed by atoms with van der Waals surface area (Å²) in [6.45, 7) is 3.68. The van der Waals surface area contributed by atoms with Crippen LogP contribution in [0.3, 0.4) is 0 Å². The molecule has 0 saturated heterocycles. The molecule has 0 bridgehead atoms. The van der Waals surface area contributed by atoms with Gasteiger partial charge in [-0.1, -0.05) is 36.4 Å². The van der Waals surface area contributed by atoms with E-state index in [0.717, 1.165) is 11.3 Å². The van der Waals surface area contributed by atoms with Crippen LogP contribution < -0.4 is 10.1 Å². The van der Waals surface area contributed by atoms with Crippen LogP contribution in [0.15, 0.2) is 71.6 Å². The summed E-state index contributed by atoms with van der Waals surface area (Å²) in [5, 5.41) is 3.25. The number of esters is 1. The first-order valence-electron chi connectivity index (χ1n) is 10.7. The summed E-state index contributed by atoms with van der Waals surface area (Å²) in [4.78, 5) is 26.3. The van der Waals surface area contributed by atoms with Gasteiger partial charge in [0, 0.05) is 29.7 Å². The van der Waals surface area contributed by atoms with Crippen molar-refractivity contribution in [2.24, 2.45) is 5.92 Å². The Labute approximate surface area is 186 Å². The van der Waals surface area contributed by atoms with Crippen LogP contribution in [0.5, 0.6) is 5.75 Å². The number of rotatable bonds is 5. The Morgan fingerprint density at radius 3 is 2.50 bits per heavy atom. The lowest BCUT2D eigenvalue weighted by atomic mass is 9.68. The molecule has 3 unspecified atom stereocenters. The van der Waals surface area contributed by atoms with Crippen LogP contribution in [0.4, 0.5) is 4.39 Å². The number of fused-ring (bicyclic) bond motifs is 1. The van der Waals surface area contributed by atoms with Crippen LogP contribution in [0, 0.1) is 11.7 Å². The van der Waals surface area contributed by atoms with Gasteiger partial charge in [-0.25, -0.2) is 9.18 Å². The van der Waals surface area contributed by atoms with E-state index in [-0.39, 0.29) is 24.7 Å². The number of halogens is 1. The molecule has 6 heteroatoms. The second-order valence-electron chi connectivity index (χ2n) is 8.03. The first-order chi connectivity index (χ1) is 15.4. The van der Waals surface area contributed by atoms with E-state index in [9.17, 15) is 14.0 Å². The van der Waals surface area contributed by atoms with Gasteiger partial charge in [-0.2, -0.15) is 0 Å². The van der Waals surface area contributed by atoms with Crippen molar-refractivity contribution in [1.82, 2.24) is 5.32 Å². The summed E-state index contributed by atoms with van der Waals surface area (Å²) in [6, 6.07) is 13.9. The summed E-state index contributed by atoms with van der Waals surface area (Å²) >= 11 is 0. The van der Waals surface area contributed by atoms with Crippen molar-refractivity contribution in [2.75, 3.05) is 13.7 Å². The third kappa shape index (κ3) is 3.93. The van der Waals surface area contributed by atoms with E-state index in [1.165, 1.54) is 6.07 Å². The number of methoxy groups -OCH3 is 1. The zero-order chi connectivity index (χ0) is 22.8. The lowest BCUT2D eigenvalue weighted by Gasteiger charge is -2.39. The van der Waals surface area contributed by atoms with E-state index in [1.807, 2.05) is 30.3 Å². The standard InChI is InChI=1S/C26H26FNO4/c1-4-32-26(30)23-15(2)28-21-13-17(16-9-11-18(31-3)12-10-16)14-22(29)25(21)24(23)19-7-5-6-8-20(19)27/h5-13,17,24-25,28H,4,14H2,1-3H3. The highest BCUT2D eigenvalue weighted by atomic mass is 19.1. The first kappa shape index (κ1) is 21.8. The van der Waals surface area contributed by atoms with E-state index in [2.05, 4.69) is 5.32 Å². The quantitative estimate of drug-likeness (QED) is 0.695. The molecule has 4 rings (SSSR count). The number of hydrogen-bond donors (Lipinski definition) is 1. The van der Waals surface area contributed by atoms with Crippen LogP contribution >= 0.6 is 0 Å². The fourth-order valence-corrected chi connectivity index (χ4v) is 4.68. The highest BCUT2D eigenvalue weighted by Crippen LogP contribution is 2.46. The van der Waals surface area contributed by atoms with Gasteiger partial charge in [-0.05, 0) is 43.2 Å². The van der Waals surface area contributed by atoms with Crippen molar-refractivity contribution in [3.8, 4) is 5.75 Å². The smallest absolute Gasteiger partial charge is 0.336 e. The second kappa shape index (κ2) is 8.99. The third-order valence-corrected chi connectivity index (χ3v) is 6.14. The SMILES string of the molecule is CCOC(=O)C1=C(C)NC2=CC(c3ccc(OC)cc3)CC(=O)C2C1c1ccccc1F. The molecule has 0 radical (unpaired) electrons. The van der Waals surface area contributed by atoms with Crippen LogP contribution in [0.25, 0.3) is 0 Å². The van der Waals surface area contributed by atoms with Gasteiger partial charge >= 0.3 is 5.97 Å². The number of allylic oxidation sites excluding steroid dienone is 3. The Kier molecular flexibility index (Phi) is 6.12. The number of nitrogens with one attached hydrogen (secondary N) is 1. The van der Waals surface area contributed by atoms with Crippen LogP contribution in [-0.4, -0.2) is 25.5 Å². The molecule has 2 aliphatic rings. The molecular weight excluding hydrogens is 409 g/mol. The normalized spacial score (nSPS) is 22.6. The summed E-state index contributed by atoms with van der Waals surface area (Å²) in [6.07, 6.45) is 2.29. The number of benzene rings is 2. The molecule has 0 spiro atoms. The number of ether oxygens (including phenoxy) is 2. The van der Waals surface area contributed by atoms with Crippen molar-refractivity contribution in [3.63, 3.8) is 0 Å². The molecule has 1 heterocycles. The Morgan fingerprint density at radius 2 is 1.84 bits per heavy atom. The third-order valence-electron chi connectivity index (χ3n) is 6.14. The van der Waals surface area contributed by atoms with Gasteiger partial charge in [0.05, 0.1) is 25.2 Å². The van der Waals surface area contributed by atoms with Crippen LogP contribution in [0.2, 0.25) is 0 Å². The van der Waals surface area contributed by atoms with Crippen molar-refractivity contribution < 1.29 is 23.5 Å². The zero-order valence-electron chi connectivity index (χ0n) is 18.4. The molecule has 2 aromatic rings. The molecule has 0 fully saturated rings. The van der Waals surface area contributed by atoms with Crippen molar-refractivity contribution in [2.45, 2.75) is 32.1 Å². The topological polar surface area (TPSA) is 64.6 Å². The van der Waals surface area contributed by atoms with Gasteiger partial charge in [0.25, 0.3) is 0 Å². The first-order valence-corrected chi connectivity index (χ1v) is 10.7. The monoisotopic (exact) mass is 435 g/mol. The molecule has 0 saturated carbocycles. The van der Waals surface area contributed by atoms with E-state index >= 15 is 0 Å². The Morgan fingerprint density at radius 1 is 1.12 bits per heavy atom. The Hall–Kier alpha value is -3.41. The van der Waals surface area contributed by atoms with Gasteiger partial charge in [0.2, 0.25) is 0 Å². The number of carbonyl (C=O) groups is 2. The molecule has 0 amide bonds. The fourth-order valence-electron chi connectivity index (χ4n) is 4.68. The molecule has 1 aliphatic heterocycles. The maximum absolute atomic E-state index is 14.9. The second-order valence-corrected chi connectivity index (χ2v) is 8.03. The van der Waals surface area contributed by atoms with Gasteiger partial charge in [0.15, 0.2) is 0 Å². The van der Waals surface area contributed by atoms with Crippen LogP contribution in [0.1, 0.15) is 43.2 Å². The minimum atomic E-state index is -0.743. The van der Waals surface area contributed by atoms with E-state index in [0.29, 0.717) is 22.5 Å². The molecule has 0 aromatic heterocycles. The largest absolute Gasteiger partial charge is 0.497 e. The molecule has 166 valence electrons. The molecule has 32 heavy (non-hydrogen) atoms. The molecular formula is C26H26FNO4. The lowest BCUT2D eigenvalue weighted by molar-refractivity contribution is -0.139. The average Bonchev–Trinajstić information content (AvgIpc) is 2.78. The van der Waals surface area contributed by atoms with Gasteiger partial charge in [-0.15, -0.1) is 0 Å². The average molecular weight is 435 g/mol. The van der Waals surface area contributed by atoms with E-state index in [1.54, 1.807) is 39.2 Å². The van der Waals surface area contributed by atoms with E-state index < -0.39 is 23.6 Å². The van der Waals surface area contributed by atoms with E-state index in [4.69, 9.17) is 9.47 Å². The minimum Gasteiger partial charge on any atom is -0.497 e. The minimum absolute atomic E-state index is 0.0432. The van der Waals surface area contributed by atoms with Gasteiger partial charge in [-0.3, -0.25) is 4.79 Å². The predicted molar refractivity (Wildman–Crippen MR) is 119 cm³/mol. The van der Waals surface area contributed by atoms with Gasteiger partial charge in [0.1, 0.15) is 17.3 Å². The Bertz CT molecular complexity index is 1100. The number of hydrogen-bond acceptors (Lipinski definition) is 5. The highest BCUT2D eigenvalue weighted by molar-refractivity contribution is 5.96. The van der Waals surface area contributed by atoms with Gasteiger partial charge < -0.3 is 14.8 Å².